The number of carboxylic acid groups (broad SMARTS) is 1. The minimum atomic E-state index is -1.07. The Bertz CT molecular complexity index is 644. The fraction of sp³-hybridized carbons (Fsp3) is 0.500. The molecule has 0 spiro atoms. The van der Waals surface area contributed by atoms with Crippen LogP contribution in [0.5, 0.6) is 5.75 Å². The predicted octanol–water partition coefficient (Wildman–Crippen LogP) is 4.05. The first-order valence-corrected chi connectivity index (χ1v) is 8.99. The van der Waals surface area contributed by atoms with E-state index in [0.717, 1.165) is 8.95 Å². The van der Waals surface area contributed by atoms with Crippen LogP contribution in [-0.2, 0) is 9.53 Å². The van der Waals surface area contributed by atoms with Crippen LogP contribution >= 0.6 is 31.9 Å². The zero-order valence-electron chi connectivity index (χ0n) is 13.6. The molecule has 0 saturated carbocycles. The highest BCUT2D eigenvalue weighted by Gasteiger charge is 2.42. The Hall–Kier alpha value is -1.28. The van der Waals surface area contributed by atoms with Crippen molar-refractivity contribution in [3.05, 3.63) is 27.1 Å². The fourth-order valence-electron chi connectivity index (χ4n) is 2.39. The van der Waals surface area contributed by atoms with Crippen LogP contribution in [-0.4, -0.2) is 46.4 Å². The van der Waals surface area contributed by atoms with Crippen LogP contribution in [0.3, 0.4) is 0 Å². The summed E-state index contributed by atoms with van der Waals surface area (Å²) in [6.45, 7) is 5.38. The molecule has 1 aliphatic heterocycles. The topological polar surface area (TPSA) is 76.1 Å². The van der Waals surface area contributed by atoms with Crippen molar-refractivity contribution in [3.8, 4) is 5.75 Å². The van der Waals surface area contributed by atoms with E-state index in [9.17, 15) is 14.7 Å². The number of benzene rings is 1. The van der Waals surface area contributed by atoms with E-state index < -0.39 is 29.8 Å². The molecular weight excluding hydrogens is 446 g/mol. The van der Waals surface area contributed by atoms with Gasteiger partial charge in [0, 0.05) is 10.9 Å². The monoisotopic (exact) mass is 463 g/mol. The van der Waals surface area contributed by atoms with Gasteiger partial charge in [0.05, 0.1) is 11.0 Å². The van der Waals surface area contributed by atoms with Gasteiger partial charge in [-0.1, -0.05) is 15.9 Å². The van der Waals surface area contributed by atoms with Gasteiger partial charge in [-0.25, -0.2) is 9.59 Å². The van der Waals surface area contributed by atoms with Crippen LogP contribution in [0, 0.1) is 0 Å². The number of amides is 1. The van der Waals surface area contributed by atoms with Crippen LogP contribution in [0.1, 0.15) is 27.2 Å². The maximum atomic E-state index is 12.3. The Balaban J connectivity index is 2.11. The highest BCUT2D eigenvalue weighted by atomic mass is 79.9. The van der Waals surface area contributed by atoms with E-state index >= 15 is 0 Å². The first-order valence-electron chi connectivity index (χ1n) is 7.41. The second kappa shape index (κ2) is 7.31. The van der Waals surface area contributed by atoms with Gasteiger partial charge in [0.2, 0.25) is 0 Å². The molecule has 8 heteroatoms. The SMILES string of the molecule is CC(C)(C)OC(=O)N1C[C@H](Oc2ccc(Br)cc2Br)C[C@@H]1C(=O)O. The molecule has 0 aromatic heterocycles. The molecule has 6 nitrogen and oxygen atoms in total. The van der Waals surface area contributed by atoms with Gasteiger partial charge in [0.25, 0.3) is 0 Å². The normalized spacial score (nSPS) is 20.8. The van der Waals surface area contributed by atoms with Crippen molar-refractivity contribution < 1.29 is 24.2 Å². The zero-order chi connectivity index (χ0) is 18.1. The third-order valence-electron chi connectivity index (χ3n) is 3.36. The molecular formula is C16H19Br2NO5. The molecule has 1 amide bonds. The van der Waals surface area contributed by atoms with Gasteiger partial charge >= 0.3 is 12.1 Å². The third-order valence-corrected chi connectivity index (χ3v) is 4.48. The molecule has 1 fully saturated rings. The lowest BCUT2D eigenvalue weighted by Crippen LogP contribution is -2.43. The van der Waals surface area contributed by atoms with Crippen molar-refractivity contribution in [2.75, 3.05) is 6.54 Å². The molecule has 24 heavy (non-hydrogen) atoms. The molecule has 2 rings (SSSR count). The second-order valence-electron chi connectivity index (χ2n) is 6.54. The summed E-state index contributed by atoms with van der Waals surface area (Å²) in [6.07, 6.45) is -0.858. The Morgan fingerprint density at radius 2 is 1.96 bits per heavy atom. The summed E-state index contributed by atoms with van der Waals surface area (Å²) in [5.74, 6) is -0.472. The Morgan fingerprint density at radius 3 is 2.50 bits per heavy atom. The van der Waals surface area contributed by atoms with E-state index in [0.29, 0.717) is 5.75 Å². The van der Waals surface area contributed by atoms with Crippen molar-refractivity contribution >= 4 is 43.9 Å². The lowest BCUT2D eigenvalue weighted by atomic mass is 10.2. The molecule has 1 N–H and O–H groups in total. The number of carbonyl (C=O) groups is 2. The number of ether oxygens (including phenoxy) is 2. The van der Waals surface area contributed by atoms with E-state index in [1.54, 1.807) is 26.8 Å². The molecule has 1 saturated heterocycles. The number of hydrogen-bond donors (Lipinski definition) is 1. The van der Waals surface area contributed by atoms with Gasteiger partial charge in [0.1, 0.15) is 23.5 Å². The number of halogens is 2. The Labute approximate surface area is 157 Å². The summed E-state index contributed by atoms with van der Waals surface area (Å²) in [5.41, 5.74) is -0.687. The summed E-state index contributed by atoms with van der Waals surface area (Å²) in [4.78, 5) is 24.9. The largest absolute Gasteiger partial charge is 0.487 e. The maximum absolute atomic E-state index is 12.3. The summed E-state index contributed by atoms with van der Waals surface area (Å²) in [5, 5.41) is 9.39. The molecule has 0 bridgehead atoms. The van der Waals surface area contributed by atoms with Crippen molar-refractivity contribution in [3.63, 3.8) is 0 Å². The molecule has 1 heterocycles. The molecule has 1 aromatic carbocycles. The van der Waals surface area contributed by atoms with Gasteiger partial charge in [-0.2, -0.15) is 0 Å². The van der Waals surface area contributed by atoms with Crippen LogP contribution in [0.15, 0.2) is 27.1 Å². The summed E-state index contributed by atoms with van der Waals surface area (Å²) in [7, 11) is 0. The number of carbonyl (C=O) groups excluding carboxylic acids is 1. The average Bonchev–Trinajstić information content (AvgIpc) is 2.84. The van der Waals surface area contributed by atoms with E-state index in [1.165, 1.54) is 4.90 Å². The van der Waals surface area contributed by atoms with E-state index in [4.69, 9.17) is 9.47 Å². The number of nitrogens with zero attached hydrogens (tertiary/aromatic N) is 1. The van der Waals surface area contributed by atoms with Crippen LogP contribution < -0.4 is 4.74 Å². The predicted molar refractivity (Wildman–Crippen MR) is 95.2 cm³/mol. The van der Waals surface area contributed by atoms with E-state index in [1.807, 2.05) is 12.1 Å². The first kappa shape index (κ1) is 19.1. The molecule has 2 atom stereocenters. The smallest absolute Gasteiger partial charge is 0.411 e. The summed E-state index contributed by atoms with van der Waals surface area (Å²) in [6, 6.07) is 4.49. The summed E-state index contributed by atoms with van der Waals surface area (Å²) < 4.78 is 12.8. The third kappa shape index (κ3) is 4.86. The molecule has 132 valence electrons. The zero-order valence-corrected chi connectivity index (χ0v) is 16.8. The first-order chi connectivity index (χ1) is 11.1. The van der Waals surface area contributed by atoms with E-state index in [2.05, 4.69) is 31.9 Å². The second-order valence-corrected chi connectivity index (χ2v) is 8.31. The van der Waals surface area contributed by atoms with Crippen molar-refractivity contribution in [2.24, 2.45) is 0 Å². The van der Waals surface area contributed by atoms with Crippen LogP contribution in [0.4, 0.5) is 4.79 Å². The minimum absolute atomic E-state index is 0.161. The fourth-order valence-corrected chi connectivity index (χ4v) is 3.53. The number of likely N-dealkylation sites (tertiary alicyclic amines) is 1. The lowest BCUT2D eigenvalue weighted by Gasteiger charge is -2.26. The molecule has 0 aliphatic carbocycles. The van der Waals surface area contributed by atoms with Gasteiger partial charge in [0.15, 0.2) is 0 Å². The number of carboxylic acids is 1. The maximum Gasteiger partial charge on any atom is 0.411 e. The van der Waals surface area contributed by atoms with Crippen LogP contribution in [0.2, 0.25) is 0 Å². The van der Waals surface area contributed by atoms with Crippen LogP contribution in [0.25, 0.3) is 0 Å². The number of rotatable bonds is 3. The van der Waals surface area contributed by atoms with Crippen molar-refractivity contribution in [1.29, 1.82) is 0 Å². The van der Waals surface area contributed by atoms with E-state index in [-0.39, 0.29) is 13.0 Å². The molecule has 0 radical (unpaired) electrons. The Kier molecular flexibility index (Phi) is 5.80. The van der Waals surface area contributed by atoms with Gasteiger partial charge in [-0.3, -0.25) is 4.90 Å². The number of hydrogen-bond acceptors (Lipinski definition) is 4. The highest BCUT2D eigenvalue weighted by molar-refractivity contribution is 9.11. The minimum Gasteiger partial charge on any atom is -0.487 e. The molecule has 0 unspecified atom stereocenters. The van der Waals surface area contributed by atoms with Gasteiger partial charge < -0.3 is 14.6 Å². The number of aliphatic carboxylic acids is 1. The van der Waals surface area contributed by atoms with Crippen molar-refractivity contribution in [2.45, 2.75) is 44.9 Å². The summed E-state index contributed by atoms with van der Waals surface area (Å²) >= 11 is 6.77. The lowest BCUT2D eigenvalue weighted by molar-refractivity contribution is -0.142. The average molecular weight is 465 g/mol. The Morgan fingerprint density at radius 1 is 1.29 bits per heavy atom. The van der Waals surface area contributed by atoms with Crippen molar-refractivity contribution in [1.82, 2.24) is 4.90 Å². The molecule has 1 aromatic rings. The van der Waals surface area contributed by atoms with Gasteiger partial charge in [-0.05, 0) is 54.9 Å². The standard InChI is InChI=1S/C16H19Br2NO5/c1-16(2,3)24-15(22)19-8-10(7-12(19)14(20)21)23-13-5-4-9(17)6-11(13)18/h4-6,10,12H,7-8H2,1-3H3,(H,20,21)/t10-,12-/m1/s1. The quantitative estimate of drug-likeness (QED) is 0.730. The molecule has 1 aliphatic rings. The van der Waals surface area contributed by atoms with Gasteiger partial charge in [-0.15, -0.1) is 0 Å². The highest BCUT2D eigenvalue weighted by Crippen LogP contribution is 2.32.